The number of hydrogen-bond acceptors (Lipinski definition) is 1. The van der Waals surface area contributed by atoms with E-state index in [1.54, 1.807) is 0 Å². The summed E-state index contributed by atoms with van der Waals surface area (Å²) in [5.74, 6) is 0. The first kappa shape index (κ1) is 35.5. The van der Waals surface area contributed by atoms with Crippen molar-refractivity contribution in [1.29, 1.82) is 0 Å². The molecule has 0 unspecified atom stereocenters. The molecule has 292 valence electrons. The van der Waals surface area contributed by atoms with Gasteiger partial charge in [-0.2, -0.15) is 0 Å². The predicted octanol–water partition coefficient (Wildman–Crippen LogP) is 17.7. The molecular formula is C62H39N. The highest BCUT2D eigenvalue weighted by atomic mass is 15.1. The molecule has 0 amide bonds. The van der Waals surface area contributed by atoms with Crippen LogP contribution in [0.3, 0.4) is 0 Å². The third-order valence-corrected chi connectivity index (χ3v) is 13.3. The van der Waals surface area contributed by atoms with Crippen molar-refractivity contribution < 1.29 is 0 Å². The Bertz CT molecular complexity index is 3820. The zero-order valence-corrected chi connectivity index (χ0v) is 34.5. The summed E-state index contributed by atoms with van der Waals surface area (Å²) in [6.45, 7) is 0. The highest BCUT2D eigenvalue weighted by Crippen LogP contribution is 2.51. The van der Waals surface area contributed by atoms with Crippen LogP contribution in [0, 0.1) is 0 Å². The molecule has 0 aliphatic rings. The lowest BCUT2D eigenvalue weighted by atomic mass is 9.81. The Kier molecular flexibility index (Phi) is 7.98. The summed E-state index contributed by atoms with van der Waals surface area (Å²) >= 11 is 0. The molecule has 0 aromatic heterocycles. The molecule has 0 spiro atoms. The normalized spacial score (nSPS) is 11.8. The van der Waals surface area contributed by atoms with Gasteiger partial charge in [-0.05, 0) is 140 Å². The summed E-state index contributed by atoms with van der Waals surface area (Å²) in [6.07, 6.45) is 0. The molecule has 0 saturated carbocycles. The average molecular weight is 798 g/mol. The molecule has 13 aromatic carbocycles. The van der Waals surface area contributed by atoms with Gasteiger partial charge in [0.05, 0.1) is 5.69 Å². The summed E-state index contributed by atoms with van der Waals surface area (Å²) in [4.78, 5) is 2.47. The molecule has 13 aromatic rings. The minimum atomic E-state index is 1.11. The van der Waals surface area contributed by atoms with Crippen LogP contribution in [0.1, 0.15) is 0 Å². The first-order chi connectivity index (χ1) is 31.3. The lowest BCUT2D eigenvalue weighted by Gasteiger charge is -2.28. The van der Waals surface area contributed by atoms with Crippen LogP contribution in [0.4, 0.5) is 17.1 Å². The van der Waals surface area contributed by atoms with Crippen LogP contribution in [0.15, 0.2) is 237 Å². The largest absolute Gasteiger partial charge is 0.310 e. The lowest BCUT2D eigenvalue weighted by molar-refractivity contribution is 1.31. The number of nitrogens with zero attached hydrogens (tertiary/aromatic N) is 1. The molecule has 0 bridgehead atoms. The molecule has 1 nitrogen and oxygen atoms in total. The minimum absolute atomic E-state index is 1.11. The van der Waals surface area contributed by atoms with Crippen molar-refractivity contribution in [1.82, 2.24) is 0 Å². The Morgan fingerprint density at radius 2 is 0.714 bits per heavy atom. The van der Waals surface area contributed by atoms with Crippen molar-refractivity contribution in [3.05, 3.63) is 237 Å². The number of benzene rings is 13. The molecule has 0 heterocycles. The van der Waals surface area contributed by atoms with Gasteiger partial charge in [0.1, 0.15) is 0 Å². The fourth-order valence-electron chi connectivity index (χ4n) is 10.7. The number of anilines is 3. The van der Waals surface area contributed by atoms with Gasteiger partial charge < -0.3 is 4.90 Å². The molecule has 0 N–H and O–H groups in total. The highest BCUT2D eigenvalue weighted by molar-refractivity contribution is 6.35. The second kappa shape index (κ2) is 14.2. The van der Waals surface area contributed by atoms with E-state index < -0.39 is 0 Å². The summed E-state index contributed by atoms with van der Waals surface area (Å²) in [5, 5.41) is 17.8. The van der Waals surface area contributed by atoms with Crippen LogP contribution in [0.2, 0.25) is 0 Å². The van der Waals surface area contributed by atoms with Gasteiger partial charge in [-0.3, -0.25) is 0 Å². The van der Waals surface area contributed by atoms with Gasteiger partial charge in [-0.1, -0.05) is 200 Å². The van der Waals surface area contributed by atoms with Crippen molar-refractivity contribution in [2.45, 2.75) is 0 Å². The maximum Gasteiger partial charge on any atom is 0.0540 e. The maximum absolute atomic E-state index is 2.47. The average Bonchev–Trinajstić information content (AvgIpc) is 3.36. The quantitative estimate of drug-likeness (QED) is 0.120. The second-order valence-corrected chi connectivity index (χ2v) is 16.7. The van der Waals surface area contributed by atoms with E-state index in [0.717, 1.165) is 17.1 Å². The first-order valence-electron chi connectivity index (χ1n) is 21.8. The molecule has 0 saturated heterocycles. The van der Waals surface area contributed by atoms with E-state index in [1.807, 2.05) is 0 Å². The van der Waals surface area contributed by atoms with Gasteiger partial charge in [0, 0.05) is 16.8 Å². The Balaban J connectivity index is 1.16. The summed E-state index contributed by atoms with van der Waals surface area (Å²) in [7, 11) is 0. The lowest BCUT2D eigenvalue weighted by Crippen LogP contribution is -2.10. The Labute approximate surface area is 365 Å². The number of hydrogen-bond donors (Lipinski definition) is 0. The Hall–Kier alpha value is -8.26. The zero-order chi connectivity index (χ0) is 41.4. The maximum atomic E-state index is 2.47. The van der Waals surface area contributed by atoms with E-state index in [9.17, 15) is 0 Å². The van der Waals surface area contributed by atoms with Gasteiger partial charge in [0.2, 0.25) is 0 Å². The van der Waals surface area contributed by atoms with Crippen LogP contribution in [0.25, 0.3) is 109 Å². The Morgan fingerprint density at radius 1 is 0.238 bits per heavy atom. The van der Waals surface area contributed by atoms with Gasteiger partial charge in [-0.15, -0.1) is 0 Å². The summed E-state index contributed by atoms with van der Waals surface area (Å²) in [5.41, 5.74) is 10.7. The van der Waals surface area contributed by atoms with Crippen LogP contribution >= 0.6 is 0 Å². The SMILES string of the molecule is c1ccc(-c2cc(-c3ccccc3)c3c4ccccc4c4cc(N(c5ccccc5)c5ccc6c7cccc8cccc(c9cccc5c96)c87)ccc4c3c2-c2ccccc2)cc1. The molecule has 0 atom stereocenters. The number of rotatable bonds is 6. The van der Waals surface area contributed by atoms with E-state index in [4.69, 9.17) is 0 Å². The van der Waals surface area contributed by atoms with E-state index in [1.165, 1.54) is 109 Å². The molecule has 63 heavy (non-hydrogen) atoms. The van der Waals surface area contributed by atoms with Crippen LogP contribution in [-0.2, 0) is 0 Å². The zero-order valence-electron chi connectivity index (χ0n) is 34.5. The first-order valence-corrected chi connectivity index (χ1v) is 21.8. The smallest absolute Gasteiger partial charge is 0.0540 e. The highest BCUT2D eigenvalue weighted by Gasteiger charge is 2.24. The molecule has 1 heteroatoms. The topological polar surface area (TPSA) is 3.24 Å². The fraction of sp³-hybridized carbons (Fsp3) is 0. The van der Waals surface area contributed by atoms with Crippen LogP contribution < -0.4 is 4.90 Å². The van der Waals surface area contributed by atoms with Gasteiger partial charge >= 0.3 is 0 Å². The molecular weight excluding hydrogens is 759 g/mol. The van der Waals surface area contributed by atoms with Crippen LogP contribution in [0.5, 0.6) is 0 Å². The predicted molar refractivity (Wildman–Crippen MR) is 271 cm³/mol. The number of para-hydroxylation sites is 1. The minimum Gasteiger partial charge on any atom is -0.310 e. The molecule has 0 radical (unpaired) electrons. The summed E-state index contributed by atoms with van der Waals surface area (Å²) < 4.78 is 0. The van der Waals surface area contributed by atoms with Crippen molar-refractivity contribution >= 4 is 92.5 Å². The van der Waals surface area contributed by atoms with Crippen molar-refractivity contribution in [3.8, 4) is 33.4 Å². The van der Waals surface area contributed by atoms with Gasteiger partial charge in [-0.25, -0.2) is 0 Å². The van der Waals surface area contributed by atoms with E-state index >= 15 is 0 Å². The van der Waals surface area contributed by atoms with E-state index in [-0.39, 0.29) is 0 Å². The van der Waals surface area contributed by atoms with Crippen LogP contribution in [-0.4, -0.2) is 0 Å². The molecule has 0 fully saturated rings. The fourth-order valence-corrected chi connectivity index (χ4v) is 10.7. The van der Waals surface area contributed by atoms with Crippen molar-refractivity contribution in [3.63, 3.8) is 0 Å². The third kappa shape index (κ3) is 5.43. The Morgan fingerprint density at radius 3 is 1.40 bits per heavy atom. The van der Waals surface area contributed by atoms with E-state index in [0.29, 0.717) is 0 Å². The van der Waals surface area contributed by atoms with E-state index in [2.05, 4.69) is 241 Å². The van der Waals surface area contributed by atoms with Gasteiger partial charge in [0.15, 0.2) is 0 Å². The van der Waals surface area contributed by atoms with Gasteiger partial charge in [0.25, 0.3) is 0 Å². The molecule has 0 aliphatic carbocycles. The van der Waals surface area contributed by atoms with Crippen molar-refractivity contribution in [2.75, 3.05) is 4.90 Å². The third-order valence-electron chi connectivity index (χ3n) is 13.3. The standard InChI is InChI=1S/C62H39N/c1-5-18-40(19-6-1)54-39-55(41-20-7-2-8-21-41)61-47-29-14-13-28-46(47)56-38-45(34-35-52(56)62(61)59(54)43-22-9-3-10-23-43)63(44-26-11-4-12-27-44)57-37-36-51-49-31-16-25-42-24-15-30-48(58(42)49)50-32-17-33-53(57)60(50)51/h1-39H. The summed E-state index contributed by atoms with van der Waals surface area (Å²) in [6, 6.07) is 87.4. The molecule has 13 rings (SSSR count). The number of fused-ring (bicyclic) bond motifs is 8. The monoisotopic (exact) mass is 797 g/mol. The van der Waals surface area contributed by atoms with Crippen molar-refractivity contribution in [2.24, 2.45) is 0 Å². The molecule has 0 aliphatic heterocycles. The second-order valence-electron chi connectivity index (χ2n) is 16.7.